The van der Waals surface area contributed by atoms with Gasteiger partial charge in [-0.25, -0.2) is 14.8 Å². The fourth-order valence-electron chi connectivity index (χ4n) is 4.32. The second-order valence-corrected chi connectivity index (χ2v) is 12.5. The number of carbonyl (C=O) groups is 1. The molecule has 8 nitrogen and oxygen atoms in total. The highest BCUT2D eigenvalue weighted by molar-refractivity contribution is 7.09. The molecule has 218 valence electrons. The normalized spacial score (nSPS) is 12.0. The first kappa shape index (κ1) is 30.3. The first-order chi connectivity index (χ1) is 19.3. The summed E-state index contributed by atoms with van der Waals surface area (Å²) in [6, 6.07) is 13.9. The molecule has 0 aliphatic heterocycles. The van der Waals surface area contributed by atoms with Gasteiger partial charge in [-0.2, -0.15) is 0 Å². The molecular formula is C32H39N3O5S. The van der Waals surface area contributed by atoms with Gasteiger partial charge in [0.15, 0.2) is 17.1 Å². The Morgan fingerprint density at radius 3 is 2.39 bits per heavy atom. The number of benzene rings is 2. The number of methoxy groups -OCH3 is 1. The predicted octanol–water partition coefficient (Wildman–Crippen LogP) is 7.13. The van der Waals surface area contributed by atoms with Gasteiger partial charge < -0.3 is 18.6 Å². The molecule has 0 aliphatic rings. The van der Waals surface area contributed by atoms with Gasteiger partial charge in [0, 0.05) is 30.2 Å². The standard InChI is InChI=1S/C32H39N3O5S/c1-21-16-23(17-26(37-8)28(21)39-32(6,7)30(36)40-31(3,4)5)18-35(20-27-33-14-15-41-27)19-25-22(2)38-29(34-25)24-12-10-9-11-13-24/h9-17H,18-20H2,1-8H3. The molecule has 0 aliphatic carbocycles. The van der Waals surface area contributed by atoms with E-state index in [2.05, 4.69) is 16.0 Å². The van der Waals surface area contributed by atoms with Gasteiger partial charge in [0.25, 0.3) is 0 Å². The van der Waals surface area contributed by atoms with Crippen molar-refractivity contribution in [3.63, 3.8) is 0 Å². The number of esters is 1. The fraction of sp³-hybridized carbons (Fsp3) is 0.406. The van der Waals surface area contributed by atoms with Crippen molar-refractivity contribution in [3.8, 4) is 23.0 Å². The number of hydrogen-bond acceptors (Lipinski definition) is 9. The summed E-state index contributed by atoms with van der Waals surface area (Å²) < 4.78 is 23.6. The van der Waals surface area contributed by atoms with Crippen LogP contribution in [0.1, 0.15) is 62.2 Å². The quantitative estimate of drug-likeness (QED) is 0.174. The van der Waals surface area contributed by atoms with Gasteiger partial charge in [-0.3, -0.25) is 4.90 Å². The summed E-state index contributed by atoms with van der Waals surface area (Å²) in [5.41, 5.74) is 1.88. The Bertz CT molecular complexity index is 1460. The fourth-order valence-corrected chi connectivity index (χ4v) is 4.98. The lowest BCUT2D eigenvalue weighted by molar-refractivity contribution is -0.171. The molecule has 0 radical (unpaired) electrons. The summed E-state index contributed by atoms with van der Waals surface area (Å²) in [7, 11) is 1.60. The number of rotatable bonds is 11. The van der Waals surface area contributed by atoms with Crippen molar-refractivity contribution in [2.75, 3.05) is 7.11 Å². The van der Waals surface area contributed by atoms with Gasteiger partial charge in [0.05, 0.1) is 19.3 Å². The lowest BCUT2D eigenvalue weighted by Gasteiger charge is -2.30. The number of oxazole rings is 1. The van der Waals surface area contributed by atoms with E-state index in [1.165, 1.54) is 0 Å². The lowest BCUT2D eigenvalue weighted by Crippen LogP contribution is -2.43. The van der Waals surface area contributed by atoms with Crippen molar-refractivity contribution in [1.29, 1.82) is 0 Å². The van der Waals surface area contributed by atoms with Gasteiger partial charge in [-0.1, -0.05) is 24.3 Å². The highest BCUT2D eigenvalue weighted by atomic mass is 32.1. The van der Waals surface area contributed by atoms with E-state index in [0.717, 1.165) is 33.2 Å². The Kier molecular flexibility index (Phi) is 9.19. The molecule has 0 amide bonds. The number of ether oxygens (including phenoxy) is 3. The zero-order valence-electron chi connectivity index (χ0n) is 25.1. The van der Waals surface area contributed by atoms with E-state index in [1.54, 1.807) is 32.3 Å². The van der Waals surface area contributed by atoms with E-state index in [1.807, 2.05) is 82.6 Å². The minimum Gasteiger partial charge on any atom is -0.493 e. The number of hydrogen-bond donors (Lipinski definition) is 0. The third-order valence-corrected chi connectivity index (χ3v) is 7.07. The SMILES string of the molecule is COc1cc(CN(Cc2nccs2)Cc2nc(-c3ccccc3)oc2C)cc(C)c1OC(C)(C)C(=O)OC(C)(C)C. The molecule has 2 aromatic carbocycles. The molecule has 41 heavy (non-hydrogen) atoms. The molecule has 2 aromatic heterocycles. The molecule has 0 fully saturated rings. The Labute approximate surface area is 246 Å². The van der Waals surface area contributed by atoms with E-state index in [-0.39, 0.29) is 0 Å². The van der Waals surface area contributed by atoms with Crippen LogP contribution in [0.2, 0.25) is 0 Å². The smallest absolute Gasteiger partial charge is 0.350 e. The highest BCUT2D eigenvalue weighted by Crippen LogP contribution is 2.36. The Balaban J connectivity index is 1.59. The number of aromatic nitrogens is 2. The molecular weight excluding hydrogens is 538 g/mol. The van der Waals surface area contributed by atoms with Crippen LogP contribution in [0.5, 0.6) is 11.5 Å². The third-order valence-electron chi connectivity index (χ3n) is 6.30. The van der Waals surface area contributed by atoms with Crippen LogP contribution >= 0.6 is 11.3 Å². The topological polar surface area (TPSA) is 86.9 Å². The molecule has 0 spiro atoms. The zero-order chi connectivity index (χ0) is 29.8. The van der Waals surface area contributed by atoms with Gasteiger partial charge in [-0.05, 0) is 77.8 Å². The van der Waals surface area contributed by atoms with Crippen molar-refractivity contribution in [1.82, 2.24) is 14.9 Å². The Morgan fingerprint density at radius 1 is 1.02 bits per heavy atom. The van der Waals surface area contributed by atoms with Crippen LogP contribution in [0.3, 0.4) is 0 Å². The van der Waals surface area contributed by atoms with Crippen molar-refractivity contribution in [2.24, 2.45) is 0 Å². The maximum Gasteiger partial charge on any atom is 0.350 e. The molecule has 0 unspecified atom stereocenters. The van der Waals surface area contributed by atoms with E-state index in [9.17, 15) is 4.79 Å². The van der Waals surface area contributed by atoms with Crippen molar-refractivity contribution in [2.45, 2.75) is 79.3 Å². The molecule has 4 aromatic rings. The first-order valence-electron chi connectivity index (χ1n) is 13.6. The summed E-state index contributed by atoms with van der Waals surface area (Å²) in [6.45, 7) is 14.6. The molecule has 9 heteroatoms. The molecule has 0 saturated carbocycles. The van der Waals surface area contributed by atoms with Crippen molar-refractivity contribution < 1.29 is 23.4 Å². The van der Waals surface area contributed by atoms with Crippen molar-refractivity contribution >= 4 is 17.3 Å². The summed E-state index contributed by atoms with van der Waals surface area (Å²) in [6.07, 6.45) is 1.82. The van der Waals surface area contributed by atoms with Gasteiger partial charge in [0.2, 0.25) is 5.89 Å². The average Bonchev–Trinajstić information content (AvgIpc) is 3.54. The predicted molar refractivity (Wildman–Crippen MR) is 160 cm³/mol. The summed E-state index contributed by atoms with van der Waals surface area (Å²) >= 11 is 1.62. The monoisotopic (exact) mass is 577 g/mol. The Hall–Kier alpha value is -3.69. The third kappa shape index (κ3) is 7.95. The number of carbonyl (C=O) groups excluding carboxylic acids is 1. The molecule has 4 rings (SSSR count). The lowest BCUT2D eigenvalue weighted by atomic mass is 10.1. The van der Waals surface area contributed by atoms with Crippen LogP contribution < -0.4 is 9.47 Å². The molecule has 0 bridgehead atoms. The summed E-state index contributed by atoms with van der Waals surface area (Å²) in [5.74, 6) is 2.02. The summed E-state index contributed by atoms with van der Waals surface area (Å²) in [4.78, 5) is 24.4. The minimum absolute atomic E-state index is 0.442. The second kappa shape index (κ2) is 12.4. The molecule has 0 saturated heterocycles. The van der Waals surface area contributed by atoms with E-state index >= 15 is 0 Å². The maximum absolute atomic E-state index is 12.8. The van der Waals surface area contributed by atoms with Crippen LogP contribution in [0.4, 0.5) is 0 Å². The molecule has 0 N–H and O–H groups in total. The van der Waals surface area contributed by atoms with E-state index in [0.29, 0.717) is 37.0 Å². The maximum atomic E-state index is 12.8. The van der Waals surface area contributed by atoms with Crippen LogP contribution in [-0.4, -0.2) is 39.1 Å². The van der Waals surface area contributed by atoms with Crippen LogP contribution in [0, 0.1) is 13.8 Å². The largest absolute Gasteiger partial charge is 0.493 e. The minimum atomic E-state index is -1.20. The zero-order valence-corrected chi connectivity index (χ0v) is 25.9. The van der Waals surface area contributed by atoms with Gasteiger partial charge in [0.1, 0.15) is 16.4 Å². The van der Waals surface area contributed by atoms with Gasteiger partial charge in [-0.15, -0.1) is 11.3 Å². The molecule has 0 atom stereocenters. The van der Waals surface area contributed by atoms with Crippen LogP contribution in [-0.2, 0) is 29.2 Å². The van der Waals surface area contributed by atoms with E-state index < -0.39 is 17.2 Å². The van der Waals surface area contributed by atoms with Gasteiger partial charge >= 0.3 is 5.97 Å². The molecule has 2 heterocycles. The first-order valence-corrected chi connectivity index (χ1v) is 14.4. The number of thiazole rings is 1. The number of nitrogens with zero attached hydrogens (tertiary/aromatic N) is 3. The average molecular weight is 578 g/mol. The second-order valence-electron chi connectivity index (χ2n) is 11.5. The number of aryl methyl sites for hydroxylation is 2. The Morgan fingerprint density at radius 2 is 1.76 bits per heavy atom. The summed E-state index contributed by atoms with van der Waals surface area (Å²) in [5, 5.41) is 2.99. The van der Waals surface area contributed by atoms with Crippen LogP contribution in [0.15, 0.2) is 58.5 Å². The highest BCUT2D eigenvalue weighted by Gasteiger charge is 2.36. The van der Waals surface area contributed by atoms with Crippen molar-refractivity contribution in [3.05, 3.63) is 81.6 Å². The van der Waals surface area contributed by atoms with E-state index in [4.69, 9.17) is 23.6 Å². The van der Waals surface area contributed by atoms with Crippen LogP contribution in [0.25, 0.3) is 11.5 Å².